The lowest BCUT2D eigenvalue weighted by Crippen LogP contribution is -2.26. The zero-order valence-electron chi connectivity index (χ0n) is 11.1. The molecule has 0 saturated heterocycles. The number of benzene rings is 2. The van der Waals surface area contributed by atoms with Gasteiger partial charge in [0, 0.05) is 6.54 Å². The van der Waals surface area contributed by atoms with E-state index in [9.17, 15) is 12.8 Å². The maximum atomic E-state index is 12.7. The molecule has 2 rings (SSSR count). The molecule has 0 atom stereocenters. The number of nitriles is 1. The summed E-state index contributed by atoms with van der Waals surface area (Å²) in [4.78, 5) is 0.112. The molecule has 0 radical (unpaired) electrons. The number of nitrogens with one attached hydrogen (secondary N) is 1. The summed E-state index contributed by atoms with van der Waals surface area (Å²) in [5.41, 5.74) is 1.25. The minimum absolute atomic E-state index is 0.112. The molecule has 0 aliphatic heterocycles. The predicted octanol–water partition coefficient (Wildman–Crippen LogP) is 2.22. The monoisotopic (exact) mass is 304 g/mol. The standard InChI is InChI=1S/C15H13FN2O2S/c16-14-5-1-12(2-6-14)9-10-18-21(19,20)15-7-3-13(11-17)4-8-15/h1-8,18H,9-10H2. The Labute approximate surface area is 122 Å². The van der Waals surface area contributed by atoms with Crippen molar-refractivity contribution in [3.8, 4) is 6.07 Å². The molecule has 6 heteroatoms. The van der Waals surface area contributed by atoms with Gasteiger partial charge in [-0.2, -0.15) is 5.26 Å². The van der Waals surface area contributed by atoms with E-state index in [1.54, 1.807) is 12.1 Å². The first-order chi connectivity index (χ1) is 10.0. The molecule has 0 spiro atoms. The van der Waals surface area contributed by atoms with E-state index < -0.39 is 10.0 Å². The van der Waals surface area contributed by atoms with Gasteiger partial charge < -0.3 is 0 Å². The van der Waals surface area contributed by atoms with Crippen molar-refractivity contribution in [3.63, 3.8) is 0 Å². The molecule has 108 valence electrons. The van der Waals surface area contributed by atoms with E-state index in [1.165, 1.54) is 36.4 Å². The Bertz CT molecular complexity index is 748. The van der Waals surface area contributed by atoms with Crippen molar-refractivity contribution < 1.29 is 12.8 Å². The Hall–Kier alpha value is -2.23. The first-order valence-corrected chi connectivity index (χ1v) is 7.74. The molecule has 0 saturated carbocycles. The van der Waals surface area contributed by atoms with Crippen molar-refractivity contribution in [3.05, 3.63) is 65.5 Å². The van der Waals surface area contributed by atoms with Gasteiger partial charge in [-0.3, -0.25) is 0 Å². The molecule has 0 heterocycles. The molecule has 0 bridgehead atoms. The van der Waals surface area contributed by atoms with E-state index in [0.29, 0.717) is 12.0 Å². The Morgan fingerprint density at radius 1 is 1.05 bits per heavy atom. The minimum Gasteiger partial charge on any atom is -0.211 e. The van der Waals surface area contributed by atoms with Crippen LogP contribution in [0.15, 0.2) is 53.4 Å². The number of hydrogen-bond donors (Lipinski definition) is 1. The molecule has 4 nitrogen and oxygen atoms in total. The average molecular weight is 304 g/mol. The molecule has 2 aromatic carbocycles. The molecule has 21 heavy (non-hydrogen) atoms. The highest BCUT2D eigenvalue weighted by Gasteiger charge is 2.12. The third-order valence-electron chi connectivity index (χ3n) is 2.91. The van der Waals surface area contributed by atoms with Crippen molar-refractivity contribution in [2.24, 2.45) is 0 Å². The summed E-state index contributed by atoms with van der Waals surface area (Å²) < 4.78 is 39.3. The van der Waals surface area contributed by atoms with Crippen LogP contribution in [0.5, 0.6) is 0 Å². The molecular formula is C15H13FN2O2S. The fourth-order valence-corrected chi connectivity index (χ4v) is 2.80. The van der Waals surface area contributed by atoms with Crippen LogP contribution < -0.4 is 4.72 Å². The summed E-state index contributed by atoms with van der Waals surface area (Å²) in [6.45, 7) is 0.216. The van der Waals surface area contributed by atoms with E-state index in [0.717, 1.165) is 5.56 Å². The van der Waals surface area contributed by atoms with Crippen molar-refractivity contribution >= 4 is 10.0 Å². The van der Waals surface area contributed by atoms with Gasteiger partial charge in [0.1, 0.15) is 5.82 Å². The van der Waals surface area contributed by atoms with Crippen LogP contribution >= 0.6 is 0 Å². The predicted molar refractivity (Wildman–Crippen MR) is 76.4 cm³/mol. The fourth-order valence-electron chi connectivity index (χ4n) is 1.77. The van der Waals surface area contributed by atoms with Crippen molar-refractivity contribution in [2.75, 3.05) is 6.54 Å². The van der Waals surface area contributed by atoms with Crippen LogP contribution in [-0.2, 0) is 16.4 Å². The molecule has 0 fully saturated rings. The zero-order chi connectivity index (χ0) is 15.3. The van der Waals surface area contributed by atoms with Gasteiger partial charge in [-0.15, -0.1) is 0 Å². The molecule has 0 aliphatic rings. The molecule has 0 unspecified atom stereocenters. The number of rotatable bonds is 5. The van der Waals surface area contributed by atoms with Gasteiger partial charge in [-0.1, -0.05) is 12.1 Å². The summed E-state index contributed by atoms with van der Waals surface area (Å²) in [6, 6.07) is 13.5. The SMILES string of the molecule is N#Cc1ccc(S(=O)(=O)NCCc2ccc(F)cc2)cc1. The van der Waals surface area contributed by atoms with Crippen LogP contribution in [-0.4, -0.2) is 15.0 Å². The summed E-state index contributed by atoms with van der Waals surface area (Å²) in [6.07, 6.45) is 0.468. The van der Waals surface area contributed by atoms with Crippen LogP contribution in [0, 0.1) is 17.1 Å². The highest BCUT2D eigenvalue weighted by molar-refractivity contribution is 7.89. The quantitative estimate of drug-likeness (QED) is 0.920. The van der Waals surface area contributed by atoms with Gasteiger partial charge in [0.2, 0.25) is 10.0 Å². The van der Waals surface area contributed by atoms with Gasteiger partial charge >= 0.3 is 0 Å². The summed E-state index contributed by atoms with van der Waals surface area (Å²) >= 11 is 0. The average Bonchev–Trinajstić information content (AvgIpc) is 2.49. The van der Waals surface area contributed by atoms with Gasteiger partial charge in [0.05, 0.1) is 16.5 Å². The van der Waals surface area contributed by atoms with Gasteiger partial charge in [-0.25, -0.2) is 17.5 Å². The van der Waals surface area contributed by atoms with E-state index >= 15 is 0 Å². The van der Waals surface area contributed by atoms with Crippen molar-refractivity contribution in [1.29, 1.82) is 5.26 Å². The molecule has 0 aromatic heterocycles. The van der Waals surface area contributed by atoms with Crippen LogP contribution in [0.2, 0.25) is 0 Å². The van der Waals surface area contributed by atoms with Gasteiger partial charge in [0.25, 0.3) is 0 Å². The van der Waals surface area contributed by atoms with Crippen molar-refractivity contribution in [1.82, 2.24) is 4.72 Å². The van der Waals surface area contributed by atoms with Crippen molar-refractivity contribution in [2.45, 2.75) is 11.3 Å². The second-order valence-electron chi connectivity index (χ2n) is 4.41. The first-order valence-electron chi connectivity index (χ1n) is 6.25. The smallest absolute Gasteiger partial charge is 0.211 e. The maximum absolute atomic E-state index is 12.7. The number of sulfonamides is 1. The van der Waals surface area contributed by atoms with Gasteiger partial charge in [0.15, 0.2) is 0 Å². The second kappa shape index (κ2) is 6.48. The van der Waals surface area contributed by atoms with E-state index in [-0.39, 0.29) is 17.3 Å². The molecule has 0 amide bonds. The molecule has 1 N–H and O–H groups in total. The maximum Gasteiger partial charge on any atom is 0.240 e. The molecule has 2 aromatic rings. The third kappa shape index (κ3) is 4.12. The van der Waals surface area contributed by atoms with Gasteiger partial charge in [-0.05, 0) is 48.4 Å². The number of hydrogen-bond acceptors (Lipinski definition) is 3. The van der Waals surface area contributed by atoms with Crippen LogP contribution in [0.25, 0.3) is 0 Å². The highest BCUT2D eigenvalue weighted by atomic mass is 32.2. The number of nitrogens with zero attached hydrogens (tertiary/aromatic N) is 1. The van der Waals surface area contributed by atoms with Crippen LogP contribution in [0.4, 0.5) is 4.39 Å². The highest BCUT2D eigenvalue weighted by Crippen LogP contribution is 2.10. The molecule has 0 aliphatic carbocycles. The zero-order valence-corrected chi connectivity index (χ0v) is 11.9. The normalized spacial score (nSPS) is 11.0. The topological polar surface area (TPSA) is 70.0 Å². The Kier molecular flexibility index (Phi) is 4.68. The lowest BCUT2D eigenvalue weighted by Gasteiger charge is -2.07. The summed E-state index contributed by atoms with van der Waals surface area (Å²) in [5, 5.41) is 8.68. The largest absolute Gasteiger partial charge is 0.240 e. The third-order valence-corrected chi connectivity index (χ3v) is 4.39. The number of halogens is 1. The molecular weight excluding hydrogens is 291 g/mol. The fraction of sp³-hybridized carbons (Fsp3) is 0.133. The Morgan fingerprint density at radius 2 is 1.67 bits per heavy atom. The first kappa shape index (κ1) is 15.2. The lowest BCUT2D eigenvalue weighted by molar-refractivity contribution is 0.581. The van der Waals surface area contributed by atoms with E-state index in [4.69, 9.17) is 5.26 Å². The minimum atomic E-state index is -3.60. The second-order valence-corrected chi connectivity index (χ2v) is 6.18. The van der Waals surface area contributed by atoms with Crippen LogP contribution in [0.1, 0.15) is 11.1 Å². The van der Waals surface area contributed by atoms with Crippen LogP contribution in [0.3, 0.4) is 0 Å². The Morgan fingerprint density at radius 3 is 2.24 bits per heavy atom. The summed E-state index contributed by atoms with van der Waals surface area (Å²) in [7, 11) is -3.60. The lowest BCUT2D eigenvalue weighted by atomic mass is 10.1. The summed E-state index contributed by atoms with van der Waals surface area (Å²) in [5.74, 6) is -0.322. The Balaban J connectivity index is 1.97. The van der Waals surface area contributed by atoms with E-state index in [1.807, 2.05) is 6.07 Å². The van der Waals surface area contributed by atoms with E-state index in [2.05, 4.69) is 4.72 Å².